The molecule has 43 heavy (non-hydrogen) atoms. The van der Waals surface area contributed by atoms with Crippen LogP contribution in [0.25, 0.3) is 0 Å². The van der Waals surface area contributed by atoms with Crippen molar-refractivity contribution in [1.29, 1.82) is 0 Å². The van der Waals surface area contributed by atoms with Crippen molar-refractivity contribution < 1.29 is 4.79 Å². The van der Waals surface area contributed by atoms with E-state index in [4.69, 9.17) is 5.73 Å². The van der Waals surface area contributed by atoms with E-state index in [1.807, 2.05) is 29.2 Å². The Hall–Kier alpha value is -3.94. The van der Waals surface area contributed by atoms with Gasteiger partial charge in [-0.1, -0.05) is 88.6 Å². The summed E-state index contributed by atoms with van der Waals surface area (Å²) < 4.78 is 3.93. The van der Waals surface area contributed by atoms with Crippen molar-refractivity contribution >= 4 is 11.9 Å². The number of nitrogens with zero attached hydrogens (tertiary/aromatic N) is 5. The Balaban J connectivity index is 1.14. The highest BCUT2D eigenvalue weighted by Gasteiger charge is 2.14. The van der Waals surface area contributed by atoms with Crippen LogP contribution in [0.1, 0.15) is 105 Å². The Morgan fingerprint density at radius 1 is 0.884 bits per heavy atom. The number of rotatable bonds is 16. The molecule has 0 aliphatic carbocycles. The molecule has 230 valence electrons. The monoisotopic (exact) mass is 583 g/mol. The average Bonchev–Trinajstić information content (AvgIpc) is 3.59. The van der Waals surface area contributed by atoms with Crippen LogP contribution in [0.3, 0.4) is 0 Å². The van der Waals surface area contributed by atoms with E-state index >= 15 is 0 Å². The normalized spacial score (nSPS) is 11.6. The number of nitrogens with two attached hydrogens (primary N) is 1. The third kappa shape index (κ3) is 9.80. The van der Waals surface area contributed by atoms with Gasteiger partial charge in [0.25, 0.3) is 5.91 Å². The summed E-state index contributed by atoms with van der Waals surface area (Å²) in [5.74, 6) is 0.514. The van der Waals surface area contributed by atoms with E-state index in [9.17, 15) is 4.79 Å². The van der Waals surface area contributed by atoms with Gasteiger partial charge in [-0.3, -0.25) is 9.48 Å². The highest BCUT2D eigenvalue weighted by molar-refractivity contribution is 5.94. The van der Waals surface area contributed by atoms with Gasteiger partial charge in [-0.05, 0) is 72.8 Å². The van der Waals surface area contributed by atoms with Crippen LogP contribution in [-0.4, -0.2) is 37.0 Å². The van der Waals surface area contributed by atoms with Gasteiger partial charge in [-0.2, -0.15) is 0 Å². The minimum Gasteiger partial charge on any atom is -0.369 e. The standard InChI is InChI=1S/C35H49N7O/c1-5-6-8-11-27-14-18-29(19-15-27)33(43)37-22-23-41-26-31(39-40-41)12-9-7-10-13-32-24-38-34(36)42(32)25-28-16-20-30(21-17-28)35(2,3)4/h14-21,24,26H,5-13,22-23,25H2,1-4H3,(H2,36,38)(H,37,43). The molecule has 0 unspecified atom stereocenters. The first-order valence-electron chi connectivity index (χ1n) is 15.9. The van der Waals surface area contributed by atoms with Crippen molar-refractivity contribution in [2.24, 2.45) is 0 Å². The molecule has 0 aliphatic heterocycles. The number of benzene rings is 2. The van der Waals surface area contributed by atoms with E-state index in [1.165, 1.54) is 41.6 Å². The summed E-state index contributed by atoms with van der Waals surface area (Å²) in [5, 5.41) is 11.6. The highest BCUT2D eigenvalue weighted by Crippen LogP contribution is 2.23. The Bertz CT molecular complexity index is 1410. The molecule has 3 N–H and O–H groups in total. The van der Waals surface area contributed by atoms with E-state index in [0.29, 0.717) is 24.6 Å². The lowest BCUT2D eigenvalue weighted by molar-refractivity contribution is 0.0952. The molecule has 8 nitrogen and oxygen atoms in total. The maximum atomic E-state index is 12.5. The number of anilines is 1. The quantitative estimate of drug-likeness (QED) is 0.146. The topological polar surface area (TPSA) is 104 Å². The van der Waals surface area contributed by atoms with Crippen LogP contribution >= 0.6 is 0 Å². The van der Waals surface area contributed by atoms with Crippen LogP contribution in [-0.2, 0) is 37.8 Å². The molecule has 4 aromatic rings. The molecule has 0 spiro atoms. The lowest BCUT2D eigenvalue weighted by atomic mass is 9.87. The molecule has 1 amide bonds. The van der Waals surface area contributed by atoms with Crippen LogP contribution in [0, 0.1) is 0 Å². The largest absolute Gasteiger partial charge is 0.369 e. The number of hydrogen-bond donors (Lipinski definition) is 2. The number of amides is 1. The molecule has 2 heterocycles. The molecular formula is C35H49N7O. The minimum atomic E-state index is -0.0537. The van der Waals surface area contributed by atoms with Gasteiger partial charge >= 0.3 is 0 Å². The zero-order valence-corrected chi connectivity index (χ0v) is 26.5. The second-order valence-electron chi connectivity index (χ2n) is 12.6. The lowest BCUT2D eigenvalue weighted by Gasteiger charge is -2.19. The third-order valence-electron chi connectivity index (χ3n) is 7.99. The summed E-state index contributed by atoms with van der Waals surface area (Å²) in [7, 11) is 0. The number of hydrogen-bond acceptors (Lipinski definition) is 5. The van der Waals surface area contributed by atoms with Crippen LogP contribution in [0.4, 0.5) is 5.95 Å². The summed E-state index contributed by atoms with van der Waals surface area (Å²) in [4.78, 5) is 16.9. The first kappa shape index (κ1) is 32.0. The maximum Gasteiger partial charge on any atom is 0.251 e. The molecule has 0 saturated carbocycles. The summed E-state index contributed by atoms with van der Waals surface area (Å²) in [6, 6.07) is 16.8. The molecule has 8 heteroatoms. The predicted molar refractivity (Wildman–Crippen MR) is 174 cm³/mol. The van der Waals surface area contributed by atoms with Crippen molar-refractivity contribution in [2.75, 3.05) is 12.3 Å². The molecule has 0 bridgehead atoms. The van der Waals surface area contributed by atoms with Gasteiger partial charge in [0.05, 0.1) is 25.0 Å². The van der Waals surface area contributed by atoms with Gasteiger partial charge in [0.2, 0.25) is 5.95 Å². The molecule has 2 aromatic carbocycles. The number of aryl methyl sites for hydroxylation is 3. The first-order chi connectivity index (χ1) is 20.7. The van der Waals surface area contributed by atoms with Gasteiger partial charge in [0.15, 0.2) is 0 Å². The Labute approximate surface area is 257 Å². The molecule has 0 aliphatic rings. The van der Waals surface area contributed by atoms with Gasteiger partial charge < -0.3 is 15.6 Å². The number of nitrogen functional groups attached to an aromatic ring is 1. The Morgan fingerprint density at radius 2 is 1.58 bits per heavy atom. The maximum absolute atomic E-state index is 12.5. The molecule has 0 atom stereocenters. The molecule has 0 fully saturated rings. The third-order valence-corrected chi connectivity index (χ3v) is 7.99. The number of imidazole rings is 1. The lowest BCUT2D eigenvalue weighted by Crippen LogP contribution is -2.27. The van der Waals surface area contributed by atoms with Gasteiger partial charge in [0, 0.05) is 24.0 Å². The molecule has 4 rings (SSSR count). The number of carbonyl (C=O) groups excluding carboxylic acids is 1. The predicted octanol–water partition coefficient (Wildman–Crippen LogP) is 6.52. The van der Waals surface area contributed by atoms with E-state index in [1.54, 1.807) is 0 Å². The number of unbranched alkanes of at least 4 members (excludes halogenated alkanes) is 4. The summed E-state index contributed by atoms with van der Waals surface area (Å²) in [5.41, 5.74) is 13.1. The second-order valence-corrected chi connectivity index (χ2v) is 12.6. The van der Waals surface area contributed by atoms with Gasteiger partial charge in [-0.25, -0.2) is 4.98 Å². The van der Waals surface area contributed by atoms with Crippen LogP contribution in [0.15, 0.2) is 60.9 Å². The van der Waals surface area contributed by atoms with Gasteiger partial charge in [-0.15, -0.1) is 5.10 Å². The number of aromatic nitrogens is 5. The zero-order valence-electron chi connectivity index (χ0n) is 26.5. The van der Waals surface area contributed by atoms with Crippen molar-refractivity contribution in [3.63, 3.8) is 0 Å². The molecule has 0 radical (unpaired) electrons. The summed E-state index contributed by atoms with van der Waals surface area (Å²) in [6.45, 7) is 10.7. The average molecular weight is 584 g/mol. The molecular weight excluding hydrogens is 534 g/mol. The van der Waals surface area contributed by atoms with E-state index < -0.39 is 0 Å². The van der Waals surface area contributed by atoms with E-state index in [2.05, 4.69) is 89.3 Å². The fraction of sp³-hybridized carbons (Fsp3) is 0.486. The summed E-state index contributed by atoms with van der Waals surface area (Å²) in [6.07, 6.45) is 13.6. The van der Waals surface area contributed by atoms with Crippen molar-refractivity contribution in [3.8, 4) is 0 Å². The SMILES string of the molecule is CCCCCc1ccc(C(=O)NCCn2cc(CCCCCc3cnc(N)n3Cc3ccc(C(C)(C)C)cc3)nn2)cc1. The molecule has 2 aromatic heterocycles. The van der Waals surface area contributed by atoms with Gasteiger partial charge in [0.1, 0.15) is 0 Å². The molecule has 0 saturated heterocycles. The van der Waals surface area contributed by atoms with Crippen molar-refractivity contribution in [2.45, 2.75) is 104 Å². The van der Waals surface area contributed by atoms with E-state index in [-0.39, 0.29) is 11.3 Å². The van der Waals surface area contributed by atoms with E-state index in [0.717, 1.165) is 50.8 Å². The Kier molecular flexibility index (Phi) is 11.5. The zero-order chi connectivity index (χ0) is 30.7. The fourth-order valence-electron chi connectivity index (χ4n) is 5.24. The summed E-state index contributed by atoms with van der Waals surface area (Å²) >= 11 is 0. The van der Waals surface area contributed by atoms with Crippen molar-refractivity contribution in [1.82, 2.24) is 29.9 Å². The van der Waals surface area contributed by atoms with Crippen LogP contribution in [0.2, 0.25) is 0 Å². The fourth-order valence-corrected chi connectivity index (χ4v) is 5.24. The Morgan fingerprint density at radius 3 is 2.30 bits per heavy atom. The number of nitrogens with one attached hydrogen (secondary N) is 1. The highest BCUT2D eigenvalue weighted by atomic mass is 16.1. The second kappa shape index (κ2) is 15.5. The van der Waals surface area contributed by atoms with Crippen LogP contribution in [0.5, 0.6) is 0 Å². The first-order valence-corrected chi connectivity index (χ1v) is 15.9. The number of carbonyl (C=O) groups is 1. The minimum absolute atomic E-state index is 0.0537. The van der Waals surface area contributed by atoms with Crippen molar-refractivity contribution in [3.05, 3.63) is 94.6 Å². The smallest absolute Gasteiger partial charge is 0.251 e. The van der Waals surface area contributed by atoms with Crippen LogP contribution < -0.4 is 11.1 Å².